The number of hydrogen-bond acceptors (Lipinski definition) is 2. The van der Waals surface area contributed by atoms with Gasteiger partial charge in [0.05, 0.1) is 16.8 Å². The molecule has 21 heavy (non-hydrogen) atoms. The molecule has 0 saturated heterocycles. The smallest absolute Gasteiger partial charge is 0.0941 e. The summed E-state index contributed by atoms with van der Waals surface area (Å²) in [5, 5.41) is 15.8. The Balaban J connectivity index is 1.82. The predicted molar refractivity (Wildman–Crippen MR) is 82.3 cm³/mol. The van der Waals surface area contributed by atoms with E-state index in [-0.39, 0.29) is 0 Å². The highest BCUT2D eigenvalue weighted by Crippen LogP contribution is 2.37. The van der Waals surface area contributed by atoms with Gasteiger partial charge in [-0.2, -0.15) is 5.10 Å². The molecule has 0 fully saturated rings. The minimum Gasteiger partial charge on any atom is -0.385 e. The lowest BCUT2D eigenvalue weighted by molar-refractivity contribution is 0.0223. The molecule has 1 aliphatic carbocycles. The van der Waals surface area contributed by atoms with Crippen LogP contribution in [0.1, 0.15) is 28.8 Å². The zero-order valence-corrected chi connectivity index (χ0v) is 12.1. The molecule has 1 atom stereocenters. The predicted octanol–water partition coefficient (Wildman–Crippen LogP) is 3.02. The summed E-state index contributed by atoms with van der Waals surface area (Å²) in [7, 11) is 0. The Bertz CT molecular complexity index is 807. The number of aliphatic hydroxyl groups is 1. The molecule has 1 aliphatic rings. The molecule has 0 saturated carbocycles. The fourth-order valence-corrected chi connectivity index (χ4v) is 3.35. The lowest BCUT2D eigenvalue weighted by atomic mass is 9.78. The summed E-state index contributed by atoms with van der Waals surface area (Å²) in [5.74, 6) is 0. The number of benzene rings is 1. The third-order valence-electron chi connectivity index (χ3n) is 4.52. The molecule has 1 aromatic carbocycles. The van der Waals surface area contributed by atoms with Crippen LogP contribution in [0.15, 0.2) is 48.7 Å². The van der Waals surface area contributed by atoms with Gasteiger partial charge in [-0.25, -0.2) is 4.52 Å². The van der Waals surface area contributed by atoms with Gasteiger partial charge in [0.1, 0.15) is 0 Å². The molecule has 3 nitrogen and oxygen atoms in total. The van der Waals surface area contributed by atoms with Gasteiger partial charge in [-0.1, -0.05) is 36.4 Å². The molecule has 1 N–H and O–H groups in total. The summed E-state index contributed by atoms with van der Waals surface area (Å²) in [5.41, 5.74) is 4.85. The maximum atomic E-state index is 11.1. The van der Waals surface area contributed by atoms with Gasteiger partial charge in [-0.15, -0.1) is 0 Å². The van der Waals surface area contributed by atoms with E-state index in [1.807, 2.05) is 34.8 Å². The van der Waals surface area contributed by atoms with Crippen LogP contribution >= 0.6 is 0 Å². The summed E-state index contributed by atoms with van der Waals surface area (Å²) in [6, 6.07) is 14.2. The summed E-state index contributed by atoms with van der Waals surface area (Å²) in [6.45, 7) is 2.07. The molecule has 3 aromatic rings. The normalized spacial score (nSPS) is 21.4. The van der Waals surface area contributed by atoms with Gasteiger partial charge >= 0.3 is 0 Å². The minimum absolute atomic E-state index is 0.638. The van der Waals surface area contributed by atoms with Crippen molar-refractivity contribution in [1.29, 1.82) is 0 Å². The molecular weight excluding hydrogens is 260 g/mol. The topological polar surface area (TPSA) is 37.5 Å². The number of nitrogens with zero attached hydrogens (tertiary/aromatic N) is 2. The zero-order valence-electron chi connectivity index (χ0n) is 12.1. The van der Waals surface area contributed by atoms with Gasteiger partial charge in [0.15, 0.2) is 0 Å². The number of rotatable bonds is 1. The van der Waals surface area contributed by atoms with Gasteiger partial charge in [-0.05, 0) is 37.0 Å². The highest BCUT2D eigenvalue weighted by atomic mass is 16.3. The second kappa shape index (κ2) is 4.43. The first-order valence-corrected chi connectivity index (χ1v) is 7.40. The first kappa shape index (κ1) is 12.6. The van der Waals surface area contributed by atoms with Crippen LogP contribution < -0.4 is 0 Å². The standard InChI is InChI=1S/C18H18N2O/c1-13-7-8-17-15-11-18(21,14-5-3-2-4-6-14)10-9-16(15)19-20(17)12-13/h2-8,12,21H,9-11H2,1H3. The van der Waals surface area contributed by atoms with E-state index in [9.17, 15) is 5.11 Å². The van der Waals surface area contributed by atoms with Crippen molar-refractivity contribution in [2.75, 3.05) is 0 Å². The first-order chi connectivity index (χ1) is 10.2. The molecule has 1 unspecified atom stereocenters. The maximum Gasteiger partial charge on any atom is 0.0941 e. The van der Waals surface area contributed by atoms with E-state index in [0.717, 1.165) is 29.6 Å². The van der Waals surface area contributed by atoms with E-state index in [0.29, 0.717) is 6.42 Å². The maximum absolute atomic E-state index is 11.1. The van der Waals surface area contributed by atoms with Crippen molar-refractivity contribution < 1.29 is 5.11 Å². The van der Waals surface area contributed by atoms with Crippen LogP contribution in [-0.4, -0.2) is 14.7 Å². The van der Waals surface area contributed by atoms with Gasteiger partial charge < -0.3 is 5.11 Å². The van der Waals surface area contributed by atoms with Crippen LogP contribution in [0.4, 0.5) is 0 Å². The third-order valence-corrected chi connectivity index (χ3v) is 4.52. The van der Waals surface area contributed by atoms with E-state index in [1.54, 1.807) is 0 Å². The second-order valence-corrected chi connectivity index (χ2v) is 6.04. The first-order valence-electron chi connectivity index (χ1n) is 7.40. The highest BCUT2D eigenvalue weighted by Gasteiger charge is 2.36. The molecule has 2 aromatic heterocycles. The fourth-order valence-electron chi connectivity index (χ4n) is 3.35. The number of aromatic nitrogens is 2. The lowest BCUT2D eigenvalue weighted by Crippen LogP contribution is -2.32. The van der Waals surface area contributed by atoms with Crippen LogP contribution in [0, 0.1) is 6.92 Å². The minimum atomic E-state index is -0.775. The molecule has 106 valence electrons. The van der Waals surface area contributed by atoms with Crippen molar-refractivity contribution in [3.05, 3.63) is 71.0 Å². The van der Waals surface area contributed by atoms with Gasteiger partial charge in [0.25, 0.3) is 0 Å². The molecule has 0 amide bonds. The third kappa shape index (κ3) is 1.96. The van der Waals surface area contributed by atoms with Gasteiger partial charge in [0, 0.05) is 18.2 Å². The average Bonchev–Trinajstić information content (AvgIpc) is 2.85. The summed E-state index contributed by atoms with van der Waals surface area (Å²) in [6.07, 6.45) is 4.24. The van der Waals surface area contributed by atoms with Gasteiger partial charge in [-0.3, -0.25) is 0 Å². The summed E-state index contributed by atoms with van der Waals surface area (Å²) in [4.78, 5) is 0. The van der Waals surface area contributed by atoms with Crippen LogP contribution in [-0.2, 0) is 18.4 Å². The van der Waals surface area contributed by atoms with Crippen molar-refractivity contribution >= 4 is 5.52 Å². The Morgan fingerprint density at radius 1 is 1.14 bits per heavy atom. The molecule has 0 spiro atoms. The molecule has 2 heterocycles. The Labute approximate surface area is 123 Å². The molecule has 4 rings (SSSR count). The number of aryl methyl sites for hydroxylation is 2. The van der Waals surface area contributed by atoms with E-state index in [4.69, 9.17) is 0 Å². The van der Waals surface area contributed by atoms with E-state index >= 15 is 0 Å². The quantitative estimate of drug-likeness (QED) is 0.743. The Hall–Kier alpha value is -2.13. The SMILES string of the molecule is Cc1ccc2c3c(nn2c1)CCC(O)(c1ccccc1)C3. The summed E-state index contributed by atoms with van der Waals surface area (Å²) >= 11 is 0. The van der Waals surface area contributed by atoms with Crippen LogP contribution in [0.2, 0.25) is 0 Å². The largest absolute Gasteiger partial charge is 0.385 e. The van der Waals surface area contributed by atoms with Crippen molar-refractivity contribution in [1.82, 2.24) is 9.61 Å². The van der Waals surface area contributed by atoms with Gasteiger partial charge in [0.2, 0.25) is 0 Å². The van der Waals surface area contributed by atoms with Crippen LogP contribution in [0.3, 0.4) is 0 Å². The average molecular weight is 278 g/mol. The second-order valence-electron chi connectivity index (χ2n) is 6.04. The fraction of sp³-hybridized carbons (Fsp3) is 0.278. The molecule has 0 bridgehead atoms. The van der Waals surface area contributed by atoms with Crippen molar-refractivity contribution in [3.8, 4) is 0 Å². The van der Waals surface area contributed by atoms with Crippen molar-refractivity contribution in [3.63, 3.8) is 0 Å². The molecule has 0 radical (unpaired) electrons. The molecular formula is C18H18N2O. The summed E-state index contributed by atoms with van der Waals surface area (Å²) < 4.78 is 1.96. The number of hydrogen-bond donors (Lipinski definition) is 1. The monoisotopic (exact) mass is 278 g/mol. The Kier molecular flexibility index (Phi) is 2.66. The van der Waals surface area contributed by atoms with Crippen molar-refractivity contribution in [2.24, 2.45) is 0 Å². The highest BCUT2D eigenvalue weighted by molar-refractivity contribution is 5.59. The lowest BCUT2D eigenvalue weighted by Gasteiger charge is -2.32. The molecule has 3 heteroatoms. The zero-order chi connectivity index (χ0) is 14.4. The number of pyridine rings is 1. The van der Waals surface area contributed by atoms with Crippen LogP contribution in [0.5, 0.6) is 0 Å². The van der Waals surface area contributed by atoms with E-state index in [2.05, 4.69) is 30.4 Å². The van der Waals surface area contributed by atoms with Crippen molar-refractivity contribution in [2.45, 2.75) is 31.8 Å². The molecule has 0 aliphatic heterocycles. The van der Waals surface area contributed by atoms with Crippen LogP contribution in [0.25, 0.3) is 5.52 Å². The number of fused-ring (bicyclic) bond motifs is 3. The Morgan fingerprint density at radius 2 is 1.95 bits per heavy atom. The van der Waals surface area contributed by atoms with E-state index in [1.165, 1.54) is 11.1 Å². The van der Waals surface area contributed by atoms with E-state index < -0.39 is 5.60 Å². The Morgan fingerprint density at radius 3 is 2.76 bits per heavy atom.